The molecule has 4 aromatic rings. The summed E-state index contributed by atoms with van der Waals surface area (Å²) in [5, 5.41) is 12.6. The molecule has 1 N–H and O–H groups in total. The summed E-state index contributed by atoms with van der Waals surface area (Å²) >= 11 is 0. The molecule has 0 spiro atoms. The Kier molecular flexibility index (Phi) is 8.59. The lowest BCUT2D eigenvalue weighted by Crippen LogP contribution is -2.28. The molecule has 0 fully saturated rings. The predicted octanol–water partition coefficient (Wildman–Crippen LogP) is 5.26. The summed E-state index contributed by atoms with van der Waals surface area (Å²) in [4.78, 5) is 38.9. The molecule has 0 unspecified atom stereocenters. The van der Waals surface area contributed by atoms with Crippen molar-refractivity contribution in [3.63, 3.8) is 0 Å². The molecular weight excluding hydrogens is 494 g/mol. The third-order valence-corrected chi connectivity index (χ3v) is 6.36. The first-order chi connectivity index (χ1) is 18.7. The number of aryl methyl sites for hydroxylation is 1. The molecule has 0 bridgehead atoms. The van der Waals surface area contributed by atoms with Gasteiger partial charge in [0, 0.05) is 23.4 Å². The third-order valence-electron chi connectivity index (χ3n) is 6.36. The van der Waals surface area contributed by atoms with E-state index in [1.165, 1.54) is 4.68 Å². The zero-order valence-electron chi connectivity index (χ0n) is 22.9. The Balaban J connectivity index is 1.52. The van der Waals surface area contributed by atoms with Crippen molar-refractivity contribution < 1.29 is 14.3 Å². The number of benzene rings is 2. The summed E-state index contributed by atoms with van der Waals surface area (Å²) in [6, 6.07) is 18.1. The molecule has 39 heavy (non-hydrogen) atoms. The SMILES string of the molecule is CCCCCCn1nc(C(=O)OCC(=O)Nc2cc(C(C)(C)C)nn2-c2ccccc2)c2ccccc2c1=O. The molecule has 0 aliphatic rings. The number of aromatic nitrogens is 4. The number of fused-ring (bicyclic) bond motifs is 1. The highest BCUT2D eigenvalue weighted by molar-refractivity contribution is 6.03. The lowest BCUT2D eigenvalue weighted by molar-refractivity contribution is -0.119. The van der Waals surface area contributed by atoms with E-state index < -0.39 is 18.5 Å². The van der Waals surface area contributed by atoms with Crippen LogP contribution >= 0.6 is 0 Å². The minimum absolute atomic E-state index is 0.0119. The number of para-hydroxylation sites is 1. The first-order valence-electron chi connectivity index (χ1n) is 13.3. The number of ether oxygens (including phenoxy) is 1. The second-order valence-corrected chi connectivity index (χ2v) is 10.5. The van der Waals surface area contributed by atoms with Crippen LogP contribution < -0.4 is 10.9 Å². The molecule has 9 heteroatoms. The predicted molar refractivity (Wildman–Crippen MR) is 151 cm³/mol. The molecule has 0 saturated carbocycles. The van der Waals surface area contributed by atoms with E-state index in [2.05, 4.69) is 22.4 Å². The summed E-state index contributed by atoms with van der Waals surface area (Å²) in [7, 11) is 0. The Bertz CT molecular complexity index is 1520. The first-order valence-corrected chi connectivity index (χ1v) is 13.3. The zero-order valence-corrected chi connectivity index (χ0v) is 22.9. The van der Waals surface area contributed by atoms with Gasteiger partial charge >= 0.3 is 5.97 Å². The van der Waals surface area contributed by atoms with E-state index in [0.29, 0.717) is 23.1 Å². The van der Waals surface area contributed by atoms with Crippen molar-refractivity contribution in [2.75, 3.05) is 11.9 Å². The number of carbonyl (C=O) groups is 2. The smallest absolute Gasteiger partial charge is 0.359 e. The van der Waals surface area contributed by atoms with Crippen molar-refractivity contribution >= 4 is 28.5 Å². The standard InChI is InChI=1S/C30H35N5O4/c1-5-6-7-13-18-34-28(37)23-17-12-11-16-22(23)27(33-34)29(38)39-20-26(36)31-25-19-24(30(2,3)4)32-35(25)21-14-9-8-10-15-21/h8-12,14-17,19H,5-7,13,18,20H2,1-4H3,(H,31,36). The van der Waals surface area contributed by atoms with Gasteiger partial charge < -0.3 is 10.1 Å². The monoisotopic (exact) mass is 529 g/mol. The number of nitrogens with one attached hydrogen (secondary N) is 1. The summed E-state index contributed by atoms with van der Waals surface area (Å²) in [5.74, 6) is -0.815. The van der Waals surface area contributed by atoms with Crippen LogP contribution in [-0.4, -0.2) is 38.0 Å². The number of amides is 1. The second-order valence-electron chi connectivity index (χ2n) is 10.5. The number of rotatable bonds is 10. The highest BCUT2D eigenvalue weighted by Gasteiger charge is 2.23. The number of unbranched alkanes of at least 4 members (excludes halogenated alkanes) is 3. The Morgan fingerprint density at radius 3 is 2.31 bits per heavy atom. The van der Waals surface area contributed by atoms with Gasteiger partial charge in [0.05, 0.1) is 16.8 Å². The van der Waals surface area contributed by atoms with Crippen molar-refractivity contribution in [2.24, 2.45) is 0 Å². The lowest BCUT2D eigenvalue weighted by atomic mass is 9.92. The number of hydrogen-bond donors (Lipinski definition) is 1. The minimum atomic E-state index is -0.768. The fourth-order valence-corrected chi connectivity index (χ4v) is 4.21. The largest absolute Gasteiger partial charge is 0.451 e. The maximum Gasteiger partial charge on any atom is 0.359 e. The molecule has 1 amide bonds. The van der Waals surface area contributed by atoms with Crippen LogP contribution in [0.3, 0.4) is 0 Å². The highest BCUT2D eigenvalue weighted by atomic mass is 16.5. The highest BCUT2D eigenvalue weighted by Crippen LogP contribution is 2.26. The first kappa shape index (κ1) is 27.8. The number of nitrogens with zero attached hydrogens (tertiary/aromatic N) is 4. The normalized spacial score (nSPS) is 11.5. The van der Waals surface area contributed by atoms with Crippen molar-refractivity contribution in [3.8, 4) is 5.69 Å². The fraction of sp³-hybridized carbons (Fsp3) is 0.367. The average molecular weight is 530 g/mol. The van der Waals surface area contributed by atoms with Crippen LogP contribution in [0.15, 0.2) is 65.5 Å². The number of esters is 1. The van der Waals surface area contributed by atoms with Gasteiger partial charge in [-0.25, -0.2) is 14.2 Å². The maximum absolute atomic E-state index is 13.1. The molecule has 0 aliphatic heterocycles. The molecular formula is C30H35N5O4. The van der Waals surface area contributed by atoms with Crippen molar-refractivity contribution in [2.45, 2.75) is 65.3 Å². The summed E-state index contributed by atoms with van der Waals surface area (Å²) in [6.45, 7) is 8.12. The van der Waals surface area contributed by atoms with Gasteiger partial charge in [-0.2, -0.15) is 10.2 Å². The lowest BCUT2D eigenvalue weighted by Gasteiger charge is -2.14. The van der Waals surface area contributed by atoms with E-state index in [1.807, 2.05) is 57.2 Å². The number of hydrogen-bond acceptors (Lipinski definition) is 6. The van der Waals surface area contributed by atoms with Gasteiger partial charge in [0.1, 0.15) is 5.82 Å². The minimum Gasteiger partial charge on any atom is -0.451 e. The van der Waals surface area contributed by atoms with Crippen molar-refractivity contribution in [3.05, 3.63) is 82.4 Å². The Labute approximate surface area is 227 Å². The third kappa shape index (κ3) is 6.60. The van der Waals surface area contributed by atoms with Crippen LogP contribution in [0.5, 0.6) is 0 Å². The van der Waals surface area contributed by atoms with Crippen molar-refractivity contribution in [1.82, 2.24) is 19.6 Å². The summed E-state index contributed by atoms with van der Waals surface area (Å²) < 4.78 is 8.35. The molecule has 204 valence electrons. The molecule has 9 nitrogen and oxygen atoms in total. The van der Waals surface area contributed by atoms with Crippen LogP contribution in [0, 0.1) is 0 Å². The van der Waals surface area contributed by atoms with Crippen LogP contribution in [0.1, 0.15) is 69.6 Å². The van der Waals surface area contributed by atoms with Crippen LogP contribution in [0.4, 0.5) is 5.82 Å². The molecule has 0 atom stereocenters. The van der Waals surface area contributed by atoms with E-state index in [0.717, 1.165) is 37.1 Å². The Morgan fingerprint density at radius 2 is 1.62 bits per heavy atom. The van der Waals surface area contributed by atoms with Crippen LogP contribution in [0.25, 0.3) is 16.5 Å². The van der Waals surface area contributed by atoms with Gasteiger partial charge in [0.15, 0.2) is 12.3 Å². The van der Waals surface area contributed by atoms with Gasteiger partial charge in [-0.3, -0.25) is 9.59 Å². The Morgan fingerprint density at radius 1 is 0.923 bits per heavy atom. The fourth-order valence-electron chi connectivity index (χ4n) is 4.21. The Hall–Kier alpha value is -4.27. The molecule has 2 heterocycles. The van der Waals surface area contributed by atoms with Gasteiger partial charge in [-0.15, -0.1) is 0 Å². The number of carbonyl (C=O) groups excluding carboxylic acids is 2. The molecule has 0 saturated heterocycles. The van der Waals surface area contributed by atoms with Gasteiger partial charge in [0.25, 0.3) is 11.5 Å². The van der Waals surface area contributed by atoms with Crippen LogP contribution in [-0.2, 0) is 21.5 Å². The van der Waals surface area contributed by atoms with E-state index in [-0.39, 0.29) is 16.7 Å². The van der Waals surface area contributed by atoms with E-state index >= 15 is 0 Å². The molecule has 2 aromatic heterocycles. The molecule has 2 aromatic carbocycles. The zero-order chi connectivity index (χ0) is 28.0. The second kappa shape index (κ2) is 12.1. The van der Waals surface area contributed by atoms with E-state index in [9.17, 15) is 14.4 Å². The average Bonchev–Trinajstić information content (AvgIpc) is 3.36. The summed E-state index contributed by atoms with van der Waals surface area (Å²) in [6.07, 6.45) is 3.88. The topological polar surface area (TPSA) is 108 Å². The van der Waals surface area contributed by atoms with Crippen LogP contribution in [0.2, 0.25) is 0 Å². The molecule has 0 aliphatic carbocycles. The van der Waals surface area contributed by atoms with E-state index in [1.54, 1.807) is 28.9 Å². The maximum atomic E-state index is 13.1. The van der Waals surface area contributed by atoms with Gasteiger partial charge in [0.2, 0.25) is 0 Å². The van der Waals surface area contributed by atoms with Gasteiger partial charge in [-0.1, -0.05) is 83.4 Å². The quantitative estimate of drug-likeness (QED) is 0.222. The van der Waals surface area contributed by atoms with Gasteiger partial charge in [-0.05, 0) is 24.6 Å². The molecule has 4 rings (SSSR count). The molecule has 0 radical (unpaired) electrons. The number of anilines is 1. The van der Waals surface area contributed by atoms with E-state index in [4.69, 9.17) is 4.74 Å². The van der Waals surface area contributed by atoms with Crippen molar-refractivity contribution in [1.29, 1.82) is 0 Å². The summed E-state index contributed by atoms with van der Waals surface area (Å²) in [5.41, 5.74) is 1.11.